The van der Waals surface area contributed by atoms with E-state index in [0.29, 0.717) is 12.2 Å². The van der Waals surface area contributed by atoms with E-state index in [2.05, 4.69) is 12.2 Å². The van der Waals surface area contributed by atoms with Crippen LogP contribution in [0.4, 0.5) is 4.39 Å². The van der Waals surface area contributed by atoms with Gasteiger partial charge in [-0.2, -0.15) is 0 Å². The van der Waals surface area contributed by atoms with E-state index in [1.54, 1.807) is 6.92 Å². The summed E-state index contributed by atoms with van der Waals surface area (Å²) in [5.41, 5.74) is 0.305. The molecule has 0 fully saturated rings. The summed E-state index contributed by atoms with van der Waals surface area (Å²) in [6.45, 7) is 4.05. The highest BCUT2D eigenvalue weighted by Crippen LogP contribution is 2.04. The molecule has 1 atom stereocenters. The van der Waals surface area contributed by atoms with Crippen LogP contribution >= 0.6 is 0 Å². The van der Waals surface area contributed by atoms with Crippen LogP contribution in [-0.4, -0.2) is 24.5 Å². The molecule has 4 nitrogen and oxygen atoms in total. The van der Waals surface area contributed by atoms with Crippen LogP contribution in [0.15, 0.2) is 24.3 Å². The summed E-state index contributed by atoms with van der Waals surface area (Å²) in [6, 6.07) is 4.41. The third-order valence-corrected chi connectivity index (χ3v) is 3.05. The topological polar surface area (TPSA) is 55.4 Å². The minimum absolute atomic E-state index is 0.305. The molecule has 0 radical (unpaired) electrons. The van der Waals surface area contributed by atoms with Gasteiger partial charge in [-0.15, -0.1) is 0 Å². The molecule has 0 aliphatic carbocycles. The number of hydrogen-bond acceptors (Lipinski definition) is 3. The quantitative estimate of drug-likeness (QED) is 0.592. The number of rotatable bonds is 8. The summed E-state index contributed by atoms with van der Waals surface area (Å²) in [5, 5.41) is 2.53. The average molecular weight is 295 g/mol. The number of carbonyl (C=O) groups is 2. The fourth-order valence-corrected chi connectivity index (χ4v) is 1.77. The molecule has 1 aromatic rings. The van der Waals surface area contributed by atoms with E-state index < -0.39 is 23.7 Å². The van der Waals surface area contributed by atoms with E-state index in [4.69, 9.17) is 4.74 Å². The summed E-state index contributed by atoms with van der Waals surface area (Å²) < 4.78 is 17.9. The summed E-state index contributed by atoms with van der Waals surface area (Å²) in [7, 11) is 0. The van der Waals surface area contributed by atoms with Crippen molar-refractivity contribution in [3.63, 3.8) is 0 Å². The highest BCUT2D eigenvalue weighted by molar-refractivity contribution is 5.96. The van der Waals surface area contributed by atoms with Gasteiger partial charge in [0, 0.05) is 5.56 Å². The van der Waals surface area contributed by atoms with Gasteiger partial charge in [-0.05, 0) is 37.6 Å². The molecule has 0 aromatic heterocycles. The number of hydrogen-bond donors (Lipinski definition) is 1. The molecule has 0 spiro atoms. The van der Waals surface area contributed by atoms with Gasteiger partial charge in [0.1, 0.15) is 11.9 Å². The van der Waals surface area contributed by atoms with E-state index in [9.17, 15) is 14.0 Å². The number of halogens is 1. The standard InChI is InChI=1S/C16H22FNO3/c1-3-4-5-6-11-21-16(20)12(2)18-15(19)13-7-9-14(17)10-8-13/h7-10,12H,3-6,11H2,1-2H3,(H,18,19)/t12-/m0/s1. The van der Waals surface area contributed by atoms with Crippen LogP contribution in [0.25, 0.3) is 0 Å². The van der Waals surface area contributed by atoms with Crippen LogP contribution < -0.4 is 5.32 Å². The zero-order valence-corrected chi connectivity index (χ0v) is 12.5. The van der Waals surface area contributed by atoms with E-state index in [1.165, 1.54) is 24.3 Å². The number of amides is 1. The number of carbonyl (C=O) groups excluding carboxylic acids is 2. The Balaban J connectivity index is 2.34. The predicted molar refractivity (Wildman–Crippen MR) is 78.4 cm³/mol. The number of esters is 1. The Labute approximate surface area is 124 Å². The maximum atomic E-state index is 12.8. The van der Waals surface area contributed by atoms with Crippen molar-refractivity contribution in [3.05, 3.63) is 35.6 Å². The van der Waals surface area contributed by atoms with Gasteiger partial charge in [0.25, 0.3) is 5.91 Å². The zero-order chi connectivity index (χ0) is 15.7. The Hall–Kier alpha value is -1.91. The molecule has 0 saturated heterocycles. The van der Waals surface area contributed by atoms with Crippen molar-refractivity contribution in [2.75, 3.05) is 6.61 Å². The molecule has 0 aliphatic rings. The molecular formula is C16H22FNO3. The minimum Gasteiger partial charge on any atom is -0.464 e. The highest BCUT2D eigenvalue weighted by atomic mass is 19.1. The second-order valence-electron chi connectivity index (χ2n) is 4.93. The Morgan fingerprint density at radius 1 is 1.19 bits per heavy atom. The van der Waals surface area contributed by atoms with Crippen molar-refractivity contribution in [1.82, 2.24) is 5.32 Å². The smallest absolute Gasteiger partial charge is 0.328 e. The van der Waals surface area contributed by atoms with Gasteiger partial charge in [-0.1, -0.05) is 26.2 Å². The monoisotopic (exact) mass is 295 g/mol. The lowest BCUT2D eigenvalue weighted by atomic mass is 10.2. The minimum atomic E-state index is -0.728. The molecule has 1 aromatic carbocycles. The second kappa shape index (κ2) is 9.10. The van der Waals surface area contributed by atoms with Crippen LogP contribution in [0.5, 0.6) is 0 Å². The van der Waals surface area contributed by atoms with Gasteiger partial charge in [0.05, 0.1) is 6.61 Å². The van der Waals surface area contributed by atoms with E-state index in [0.717, 1.165) is 25.7 Å². The first-order chi connectivity index (χ1) is 10.0. The van der Waals surface area contributed by atoms with Gasteiger partial charge in [-0.25, -0.2) is 9.18 Å². The number of ether oxygens (including phenoxy) is 1. The molecule has 1 rings (SSSR count). The molecule has 0 aliphatic heterocycles. The van der Waals surface area contributed by atoms with Gasteiger partial charge < -0.3 is 10.1 Å². The number of unbranched alkanes of at least 4 members (excludes halogenated alkanes) is 3. The lowest BCUT2D eigenvalue weighted by Crippen LogP contribution is -2.39. The third kappa shape index (κ3) is 6.38. The summed E-state index contributed by atoms with van der Waals surface area (Å²) >= 11 is 0. The highest BCUT2D eigenvalue weighted by Gasteiger charge is 2.17. The Kier molecular flexibility index (Phi) is 7.43. The molecule has 0 saturated carbocycles. The van der Waals surface area contributed by atoms with Gasteiger partial charge in [0.15, 0.2) is 0 Å². The van der Waals surface area contributed by atoms with Gasteiger partial charge in [0.2, 0.25) is 0 Å². The maximum Gasteiger partial charge on any atom is 0.328 e. The van der Waals surface area contributed by atoms with E-state index in [-0.39, 0.29) is 0 Å². The second-order valence-corrected chi connectivity index (χ2v) is 4.93. The normalized spacial score (nSPS) is 11.8. The first kappa shape index (κ1) is 17.1. The van der Waals surface area contributed by atoms with Crippen molar-refractivity contribution in [2.24, 2.45) is 0 Å². The zero-order valence-electron chi connectivity index (χ0n) is 12.5. The molecule has 0 bridgehead atoms. The predicted octanol–water partition coefficient (Wildman–Crippen LogP) is 3.07. The first-order valence-electron chi connectivity index (χ1n) is 7.27. The first-order valence-corrected chi connectivity index (χ1v) is 7.27. The van der Waals surface area contributed by atoms with Crippen LogP contribution in [0, 0.1) is 5.82 Å². The fourth-order valence-electron chi connectivity index (χ4n) is 1.77. The summed E-state index contributed by atoms with van der Waals surface area (Å²) in [4.78, 5) is 23.5. The lowest BCUT2D eigenvalue weighted by molar-refractivity contribution is -0.145. The molecule has 0 heterocycles. The van der Waals surface area contributed by atoms with Crippen LogP contribution in [0.1, 0.15) is 49.9 Å². The average Bonchev–Trinajstić information content (AvgIpc) is 2.47. The largest absolute Gasteiger partial charge is 0.464 e. The molecule has 1 amide bonds. The molecule has 1 N–H and O–H groups in total. The Morgan fingerprint density at radius 3 is 2.48 bits per heavy atom. The fraction of sp³-hybridized carbons (Fsp3) is 0.500. The van der Waals surface area contributed by atoms with E-state index >= 15 is 0 Å². The SMILES string of the molecule is CCCCCCOC(=O)[C@H](C)NC(=O)c1ccc(F)cc1. The van der Waals surface area contributed by atoms with Crippen molar-refractivity contribution < 1.29 is 18.7 Å². The molecular weight excluding hydrogens is 273 g/mol. The van der Waals surface area contributed by atoms with Gasteiger partial charge in [-0.3, -0.25) is 4.79 Å². The van der Waals surface area contributed by atoms with Crippen molar-refractivity contribution in [3.8, 4) is 0 Å². The van der Waals surface area contributed by atoms with Crippen LogP contribution in [-0.2, 0) is 9.53 Å². The van der Waals surface area contributed by atoms with E-state index in [1.807, 2.05) is 0 Å². The maximum absolute atomic E-state index is 12.8. The van der Waals surface area contributed by atoms with Crippen LogP contribution in [0.3, 0.4) is 0 Å². The Morgan fingerprint density at radius 2 is 1.86 bits per heavy atom. The lowest BCUT2D eigenvalue weighted by Gasteiger charge is -2.13. The van der Waals surface area contributed by atoms with Crippen LogP contribution in [0.2, 0.25) is 0 Å². The third-order valence-electron chi connectivity index (χ3n) is 3.05. The van der Waals surface area contributed by atoms with Crippen molar-refractivity contribution in [2.45, 2.75) is 45.6 Å². The molecule has 5 heteroatoms. The number of benzene rings is 1. The molecule has 21 heavy (non-hydrogen) atoms. The summed E-state index contributed by atoms with van der Waals surface area (Å²) in [6.07, 6.45) is 4.10. The number of nitrogens with one attached hydrogen (secondary N) is 1. The molecule has 0 unspecified atom stereocenters. The molecule has 116 valence electrons. The summed E-state index contributed by atoms with van der Waals surface area (Å²) in [5.74, 6) is -1.29. The van der Waals surface area contributed by atoms with Crippen molar-refractivity contribution >= 4 is 11.9 Å². The van der Waals surface area contributed by atoms with Crippen molar-refractivity contribution in [1.29, 1.82) is 0 Å². The Bertz CT molecular complexity index is 459. The van der Waals surface area contributed by atoms with Gasteiger partial charge >= 0.3 is 5.97 Å².